The van der Waals surface area contributed by atoms with Crippen molar-refractivity contribution in [1.82, 2.24) is 0 Å². The van der Waals surface area contributed by atoms with Crippen molar-refractivity contribution < 1.29 is 14.9 Å². The van der Waals surface area contributed by atoms with Crippen LogP contribution in [-0.2, 0) is 22.3 Å². The number of ether oxygens (including phenoxy) is 1. The van der Waals surface area contributed by atoms with Gasteiger partial charge < -0.3 is 14.9 Å². The van der Waals surface area contributed by atoms with Gasteiger partial charge in [0.2, 0.25) is 0 Å². The summed E-state index contributed by atoms with van der Waals surface area (Å²) in [6.45, 7) is 0. The molecule has 0 spiro atoms. The normalized spacial score (nSPS) is 15.7. The van der Waals surface area contributed by atoms with Gasteiger partial charge in [-0.25, -0.2) is 0 Å². The molecule has 0 unspecified atom stereocenters. The lowest BCUT2D eigenvalue weighted by atomic mass is 9.77. The summed E-state index contributed by atoms with van der Waals surface area (Å²) in [5, 5.41) is 35.5. The number of fused-ring (bicyclic) bond motifs is 12. The van der Waals surface area contributed by atoms with Crippen LogP contribution in [0.5, 0.6) is 11.5 Å². The Hall–Kier alpha value is -8.88. The van der Waals surface area contributed by atoms with E-state index in [9.17, 15) is 20.0 Å². The predicted octanol–water partition coefficient (Wildman–Crippen LogP) is 14.1. The standard InChI is InChI=1S/C64H40N2O5/c67-63(53-29-13-5-21-45(53)46-22-6-14-30-54(46)63)40-34-36-59(57(38-40)62(66-70)51-27-11-3-19-43(51)44-20-4-12-28-52(44)62)71-60-35-33-39(61(65-69)49-25-9-1-17-41(49)42-18-2-10-26-50(42)61)37-58(60)64(68)55-31-15-7-23-47(55)48-24-8-16-32-56(48)64/h1-38,67-68H. The lowest BCUT2D eigenvalue weighted by Crippen LogP contribution is -2.30. The fourth-order valence-electron chi connectivity index (χ4n) is 12.7. The van der Waals surface area contributed by atoms with Crippen molar-refractivity contribution in [1.29, 1.82) is 0 Å². The Morgan fingerprint density at radius 2 is 0.563 bits per heavy atom. The zero-order valence-corrected chi connectivity index (χ0v) is 38.0. The average molecular weight is 917 g/mol. The van der Waals surface area contributed by atoms with Crippen LogP contribution in [0.1, 0.15) is 66.8 Å². The van der Waals surface area contributed by atoms with Gasteiger partial charge in [-0.15, -0.1) is 9.81 Å². The topological polar surface area (TPSA) is 109 Å². The third-order valence-electron chi connectivity index (χ3n) is 15.8. The van der Waals surface area contributed by atoms with Gasteiger partial charge >= 0.3 is 0 Å². The van der Waals surface area contributed by atoms with Crippen molar-refractivity contribution >= 4 is 0 Å². The van der Waals surface area contributed by atoms with Crippen molar-refractivity contribution in [2.45, 2.75) is 22.3 Å². The van der Waals surface area contributed by atoms with Gasteiger partial charge in [0, 0.05) is 44.5 Å². The van der Waals surface area contributed by atoms with Gasteiger partial charge in [0.05, 0.1) is 0 Å². The molecule has 4 aliphatic rings. The molecule has 0 atom stereocenters. The highest BCUT2D eigenvalue weighted by Gasteiger charge is 2.53. The van der Waals surface area contributed by atoms with E-state index in [1.54, 1.807) is 12.1 Å². The number of rotatable bonds is 8. The SMILES string of the molecule is O=NC1(c2ccc(Oc3ccc(C4(O)c5ccccc5-c5ccccc54)cc3C3(N=O)c4ccccc4-c4ccccc43)c(C3(O)c4ccccc4-c4ccccc43)c2)c2ccccc2-c2ccccc21. The van der Waals surface area contributed by atoms with Crippen molar-refractivity contribution in [2.24, 2.45) is 10.4 Å². The Labute approximate surface area is 408 Å². The number of nitrogens with zero attached hydrogens (tertiary/aromatic N) is 2. The first-order valence-corrected chi connectivity index (χ1v) is 23.8. The highest BCUT2D eigenvalue weighted by Crippen LogP contribution is 2.61. The van der Waals surface area contributed by atoms with E-state index in [1.807, 2.05) is 218 Å². The van der Waals surface area contributed by atoms with E-state index >= 15 is 0 Å². The fourth-order valence-corrected chi connectivity index (χ4v) is 12.7. The third kappa shape index (κ3) is 5.18. The van der Waals surface area contributed by atoms with Crippen LogP contribution < -0.4 is 4.74 Å². The molecule has 7 nitrogen and oxygen atoms in total. The molecule has 0 bridgehead atoms. The van der Waals surface area contributed by atoms with Gasteiger partial charge in [0.1, 0.15) is 22.7 Å². The Balaban J connectivity index is 1.05. The predicted molar refractivity (Wildman–Crippen MR) is 276 cm³/mol. The van der Waals surface area contributed by atoms with E-state index in [0.717, 1.165) is 55.6 Å². The molecule has 71 heavy (non-hydrogen) atoms. The van der Waals surface area contributed by atoms with Gasteiger partial charge in [-0.2, -0.15) is 0 Å². The Morgan fingerprint density at radius 1 is 0.282 bits per heavy atom. The lowest BCUT2D eigenvalue weighted by molar-refractivity contribution is 0.127. The summed E-state index contributed by atoms with van der Waals surface area (Å²) in [4.78, 5) is 28.3. The fraction of sp³-hybridized carbons (Fsp3) is 0.0625. The molecule has 0 aliphatic heterocycles. The number of hydrogen-bond acceptors (Lipinski definition) is 7. The second-order valence-corrected chi connectivity index (χ2v) is 18.9. The molecule has 0 fully saturated rings. The zero-order valence-electron chi connectivity index (χ0n) is 38.0. The summed E-state index contributed by atoms with van der Waals surface area (Å²) >= 11 is 0. The molecule has 7 heteroatoms. The molecule has 0 saturated heterocycles. The number of aliphatic hydroxyl groups is 2. The maximum Gasteiger partial charge on any atom is 0.182 e. The monoisotopic (exact) mass is 916 g/mol. The molecule has 10 aromatic carbocycles. The number of nitroso groups, excluding NO2 is 2. The maximum absolute atomic E-state index is 14.4. The maximum atomic E-state index is 14.4. The van der Waals surface area contributed by atoms with Gasteiger partial charge in [-0.05, 0) is 101 Å². The quantitative estimate of drug-likeness (QED) is 0.148. The van der Waals surface area contributed by atoms with E-state index in [1.165, 1.54) is 0 Å². The van der Waals surface area contributed by atoms with Crippen molar-refractivity contribution in [3.05, 3.63) is 307 Å². The molecule has 10 aromatic rings. The van der Waals surface area contributed by atoms with E-state index in [4.69, 9.17) is 4.74 Å². The van der Waals surface area contributed by atoms with Crippen molar-refractivity contribution in [3.8, 4) is 56.0 Å². The van der Waals surface area contributed by atoms with Gasteiger partial charge in [0.25, 0.3) is 0 Å². The van der Waals surface area contributed by atoms with E-state index < -0.39 is 22.3 Å². The number of benzene rings is 10. The summed E-state index contributed by atoms with van der Waals surface area (Å²) in [5.41, 5.74) is 7.88. The van der Waals surface area contributed by atoms with Crippen LogP contribution in [0.3, 0.4) is 0 Å². The molecule has 2 N–H and O–H groups in total. The first-order chi connectivity index (χ1) is 34.9. The minimum Gasteiger partial charge on any atom is -0.457 e. The van der Waals surface area contributed by atoms with Crippen LogP contribution in [0.25, 0.3) is 44.5 Å². The summed E-state index contributed by atoms with van der Waals surface area (Å²) in [5.74, 6) is 0.549. The molecule has 0 heterocycles. The van der Waals surface area contributed by atoms with E-state index in [2.05, 4.69) is 10.4 Å². The smallest absolute Gasteiger partial charge is 0.182 e. The third-order valence-corrected chi connectivity index (χ3v) is 15.8. The van der Waals surface area contributed by atoms with Gasteiger partial charge in [-0.3, -0.25) is 0 Å². The summed E-state index contributed by atoms with van der Waals surface area (Å²) in [6.07, 6.45) is 0. The average Bonchev–Trinajstić information content (AvgIpc) is 4.09. The van der Waals surface area contributed by atoms with Crippen LogP contribution in [0, 0.1) is 9.81 Å². The van der Waals surface area contributed by atoms with Crippen LogP contribution in [0.4, 0.5) is 0 Å². The van der Waals surface area contributed by atoms with Crippen molar-refractivity contribution in [2.75, 3.05) is 0 Å². The van der Waals surface area contributed by atoms with Crippen LogP contribution in [-0.4, -0.2) is 10.2 Å². The van der Waals surface area contributed by atoms with Crippen LogP contribution >= 0.6 is 0 Å². The molecule has 336 valence electrons. The Bertz CT molecular complexity index is 3750. The Kier molecular flexibility index (Phi) is 8.58. The van der Waals surface area contributed by atoms with E-state index in [0.29, 0.717) is 55.6 Å². The molecule has 4 aliphatic carbocycles. The summed E-state index contributed by atoms with van der Waals surface area (Å²) < 4.78 is 7.38. The minimum atomic E-state index is -1.81. The highest BCUT2D eigenvalue weighted by atomic mass is 16.5. The molecule has 0 amide bonds. The molecule has 0 saturated carbocycles. The largest absolute Gasteiger partial charge is 0.457 e. The second kappa shape index (κ2) is 14.8. The van der Waals surface area contributed by atoms with Gasteiger partial charge in [0.15, 0.2) is 11.1 Å². The van der Waals surface area contributed by atoms with Crippen LogP contribution in [0.15, 0.2) is 241 Å². The van der Waals surface area contributed by atoms with Gasteiger partial charge in [-0.1, -0.05) is 206 Å². The molecular weight excluding hydrogens is 877 g/mol. The zero-order chi connectivity index (χ0) is 47.7. The highest BCUT2D eigenvalue weighted by molar-refractivity contribution is 5.88. The van der Waals surface area contributed by atoms with E-state index in [-0.39, 0.29) is 11.5 Å². The molecule has 0 aromatic heterocycles. The summed E-state index contributed by atoms with van der Waals surface area (Å²) in [7, 11) is 0. The molecule has 14 rings (SSSR count). The first-order valence-electron chi connectivity index (χ1n) is 23.8. The second-order valence-electron chi connectivity index (χ2n) is 18.9. The lowest BCUT2D eigenvalue weighted by Gasteiger charge is -2.33. The molecule has 0 radical (unpaired) electrons. The number of hydrogen-bond donors (Lipinski definition) is 2. The van der Waals surface area contributed by atoms with Crippen molar-refractivity contribution in [3.63, 3.8) is 0 Å². The molecular formula is C64H40N2O5. The van der Waals surface area contributed by atoms with Crippen LogP contribution in [0.2, 0.25) is 0 Å². The Morgan fingerprint density at radius 3 is 0.944 bits per heavy atom. The summed E-state index contributed by atoms with van der Waals surface area (Å²) in [6, 6.07) is 73.6. The minimum absolute atomic E-state index is 0.272. The first kappa shape index (κ1) is 41.1.